The first kappa shape index (κ1) is 23.5. The Morgan fingerprint density at radius 3 is 2.71 bits per heavy atom. The van der Waals surface area contributed by atoms with Gasteiger partial charge in [0.05, 0.1) is 11.5 Å². The van der Waals surface area contributed by atoms with Gasteiger partial charge in [0.15, 0.2) is 9.84 Å². The number of sulfone groups is 1. The van der Waals surface area contributed by atoms with Crippen molar-refractivity contribution >= 4 is 15.9 Å². The molecule has 0 unspecified atom stereocenters. The lowest BCUT2D eigenvalue weighted by Crippen LogP contribution is -2.32. The summed E-state index contributed by atoms with van der Waals surface area (Å²) in [5, 5.41) is 2.33. The Morgan fingerprint density at radius 1 is 1.36 bits per heavy atom. The van der Waals surface area contributed by atoms with Crippen LogP contribution in [0.1, 0.15) is 33.6 Å². The van der Waals surface area contributed by atoms with Crippen molar-refractivity contribution in [1.29, 1.82) is 0 Å². The summed E-state index contributed by atoms with van der Waals surface area (Å²) in [5.41, 5.74) is -0.677. The number of halogens is 1. The van der Waals surface area contributed by atoms with Crippen LogP contribution in [0.5, 0.6) is 5.75 Å². The smallest absolute Gasteiger partial charge is 0.407 e. The second-order valence-electron chi connectivity index (χ2n) is 6.92. The van der Waals surface area contributed by atoms with Crippen molar-refractivity contribution in [2.75, 3.05) is 18.9 Å². The minimum absolute atomic E-state index is 0.0504. The molecule has 0 aromatic heterocycles. The zero-order chi connectivity index (χ0) is 21.2. The number of terminal acetylenes is 1. The van der Waals surface area contributed by atoms with Gasteiger partial charge in [-0.2, -0.15) is 0 Å². The summed E-state index contributed by atoms with van der Waals surface area (Å²) in [4.78, 5) is 11.4. The number of nitrogens with one attached hydrogen (secondary N) is 1. The van der Waals surface area contributed by atoms with Crippen molar-refractivity contribution in [2.24, 2.45) is 0 Å². The molecule has 154 valence electrons. The van der Waals surface area contributed by atoms with Crippen LogP contribution >= 0.6 is 0 Å². The minimum atomic E-state index is -3.90. The molecular formula is C20H26FNO5S. The maximum absolute atomic E-state index is 14.0. The topological polar surface area (TPSA) is 81.7 Å². The van der Waals surface area contributed by atoms with E-state index in [-0.39, 0.29) is 11.4 Å². The van der Waals surface area contributed by atoms with Gasteiger partial charge in [0.1, 0.15) is 22.9 Å². The Balaban J connectivity index is 2.64. The summed E-state index contributed by atoms with van der Waals surface area (Å²) in [6.45, 7) is 5.26. The van der Waals surface area contributed by atoms with E-state index >= 15 is 0 Å². The molecule has 8 heteroatoms. The van der Waals surface area contributed by atoms with Gasteiger partial charge in [0.25, 0.3) is 0 Å². The Kier molecular flexibility index (Phi) is 9.00. The Bertz CT molecular complexity index is 835. The molecular weight excluding hydrogens is 385 g/mol. The molecule has 0 radical (unpaired) electrons. The number of unbranched alkanes of at least 4 members (excludes halogenated alkanes) is 1. The van der Waals surface area contributed by atoms with E-state index in [1.807, 2.05) is 0 Å². The van der Waals surface area contributed by atoms with Crippen molar-refractivity contribution in [1.82, 2.24) is 5.32 Å². The molecule has 1 aromatic rings. The highest BCUT2D eigenvalue weighted by Gasteiger charge is 2.18. The summed E-state index contributed by atoms with van der Waals surface area (Å²) in [7, 11) is -3.90. The van der Waals surface area contributed by atoms with Gasteiger partial charge in [0, 0.05) is 13.0 Å². The van der Waals surface area contributed by atoms with Gasteiger partial charge in [0.2, 0.25) is 0 Å². The third kappa shape index (κ3) is 9.42. The molecule has 0 aliphatic rings. The molecule has 0 fully saturated rings. The standard InChI is InChI=1S/C20H26FNO5S/c1-5-6-7-13-26-17-9-8-10-18(14-17)28(24,25)15-16(21)11-12-22-19(23)27-20(2,3)4/h1,8-11,14H,6-7,12-13,15H2,2-4H3,(H,22,23)/b16-11-. The van der Waals surface area contributed by atoms with Gasteiger partial charge in [-0.05, 0) is 51.5 Å². The highest BCUT2D eigenvalue weighted by molar-refractivity contribution is 7.91. The van der Waals surface area contributed by atoms with Gasteiger partial charge >= 0.3 is 6.09 Å². The predicted molar refractivity (Wildman–Crippen MR) is 105 cm³/mol. The average Bonchev–Trinajstić information content (AvgIpc) is 2.57. The average molecular weight is 411 g/mol. The van der Waals surface area contributed by atoms with Crippen LogP contribution in [0.15, 0.2) is 41.1 Å². The van der Waals surface area contributed by atoms with Crippen LogP contribution in [0.3, 0.4) is 0 Å². The zero-order valence-corrected chi connectivity index (χ0v) is 17.1. The Hall–Kier alpha value is -2.53. The lowest BCUT2D eigenvalue weighted by molar-refractivity contribution is 0.0534. The lowest BCUT2D eigenvalue weighted by atomic mass is 10.2. The molecule has 0 saturated heterocycles. The van der Waals surface area contributed by atoms with Gasteiger partial charge < -0.3 is 14.8 Å². The molecule has 1 amide bonds. The van der Waals surface area contributed by atoms with Gasteiger partial charge in [-0.3, -0.25) is 0 Å². The molecule has 0 spiro atoms. The van der Waals surface area contributed by atoms with Gasteiger partial charge in [-0.25, -0.2) is 17.6 Å². The molecule has 0 aliphatic heterocycles. The van der Waals surface area contributed by atoms with Crippen molar-refractivity contribution in [3.63, 3.8) is 0 Å². The summed E-state index contributed by atoms with van der Waals surface area (Å²) in [5.74, 6) is 1.16. The van der Waals surface area contributed by atoms with E-state index in [2.05, 4.69) is 11.2 Å². The third-order valence-corrected chi connectivity index (χ3v) is 4.82. The van der Waals surface area contributed by atoms with Crippen molar-refractivity contribution in [3.05, 3.63) is 36.2 Å². The SMILES string of the molecule is C#CCCCOc1cccc(S(=O)(=O)C/C(F)=C/CNC(=O)OC(C)(C)C)c1. The summed E-state index contributed by atoms with van der Waals surface area (Å²) in [6, 6.07) is 5.86. The summed E-state index contributed by atoms with van der Waals surface area (Å²) >= 11 is 0. The van der Waals surface area contributed by atoms with Gasteiger partial charge in [-0.15, -0.1) is 12.3 Å². The highest BCUT2D eigenvalue weighted by Crippen LogP contribution is 2.20. The fraction of sp³-hybridized carbons (Fsp3) is 0.450. The van der Waals surface area contributed by atoms with E-state index in [0.29, 0.717) is 25.2 Å². The molecule has 1 N–H and O–H groups in total. The number of benzene rings is 1. The molecule has 0 heterocycles. The van der Waals surface area contributed by atoms with Crippen molar-refractivity contribution in [2.45, 2.75) is 44.1 Å². The van der Waals surface area contributed by atoms with Crippen LogP contribution in [0.2, 0.25) is 0 Å². The predicted octanol–water partition coefficient (Wildman–Crippen LogP) is 3.63. The van der Waals surface area contributed by atoms with Crippen LogP contribution in [0.25, 0.3) is 0 Å². The van der Waals surface area contributed by atoms with E-state index in [0.717, 1.165) is 6.08 Å². The lowest BCUT2D eigenvalue weighted by Gasteiger charge is -2.19. The first-order chi connectivity index (χ1) is 13.0. The fourth-order valence-corrected chi connectivity index (χ4v) is 3.23. The molecule has 0 atom stereocenters. The number of rotatable bonds is 9. The monoisotopic (exact) mass is 411 g/mol. The largest absolute Gasteiger partial charge is 0.494 e. The van der Waals surface area contributed by atoms with E-state index in [1.165, 1.54) is 18.2 Å². The molecule has 0 bridgehead atoms. The maximum Gasteiger partial charge on any atom is 0.407 e. The number of amides is 1. The number of hydrogen-bond acceptors (Lipinski definition) is 5. The van der Waals surface area contributed by atoms with Crippen LogP contribution in [0.4, 0.5) is 9.18 Å². The third-order valence-electron chi connectivity index (χ3n) is 3.20. The second-order valence-corrected chi connectivity index (χ2v) is 8.91. The summed E-state index contributed by atoms with van der Waals surface area (Å²) in [6.07, 6.45) is 6.64. The molecule has 6 nitrogen and oxygen atoms in total. The number of carbonyl (C=O) groups is 1. The van der Waals surface area contributed by atoms with Crippen LogP contribution in [-0.4, -0.2) is 39.0 Å². The second kappa shape index (κ2) is 10.7. The number of carbonyl (C=O) groups excluding carboxylic acids is 1. The van der Waals surface area contributed by atoms with Crippen molar-refractivity contribution in [3.8, 4) is 18.1 Å². The Labute approximate surface area is 166 Å². The minimum Gasteiger partial charge on any atom is -0.494 e. The van der Waals surface area contributed by atoms with E-state index in [1.54, 1.807) is 26.8 Å². The van der Waals surface area contributed by atoms with Gasteiger partial charge in [-0.1, -0.05) is 6.07 Å². The van der Waals surface area contributed by atoms with Crippen LogP contribution in [0, 0.1) is 12.3 Å². The van der Waals surface area contributed by atoms with Crippen LogP contribution in [-0.2, 0) is 14.6 Å². The molecule has 1 rings (SSSR count). The van der Waals surface area contributed by atoms with Crippen molar-refractivity contribution < 1.29 is 27.1 Å². The first-order valence-corrected chi connectivity index (χ1v) is 10.4. The molecule has 28 heavy (non-hydrogen) atoms. The molecule has 1 aromatic carbocycles. The summed E-state index contributed by atoms with van der Waals surface area (Å²) < 4.78 is 49.2. The van der Waals surface area contributed by atoms with E-state index < -0.39 is 33.1 Å². The highest BCUT2D eigenvalue weighted by atomic mass is 32.2. The quantitative estimate of drug-likeness (QED) is 0.496. The zero-order valence-electron chi connectivity index (χ0n) is 16.3. The molecule has 0 saturated carbocycles. The number of hydrogen-bond donors (Lipinski definition) is 1. The fourth-order valence-electron chi connectivity index (χ4n) is 2.00. The van der Waals surface area contributed by atoms with Crippen LogP contribution < -0.4 is 10.1 Å². The van der Waals surface area contributed by atoms with E-state index in [4.69, 9.17) is 15.9 Å². The number of alkyl carbamates (subject to hydrolysis) is 1. The Morgan fingerprint density at radius 2 is 2.07 bits per heavy atom. The molecule has 0 aliphatic carbocycles. The first-order valence-electron chi connectivity index (χ1n) is 8.74. The normalized spacial score (nSPS) is 12.2. The maximum atomic E-state index is 14.0. The number of ether oxygens (including phenoxy) is 2. The van der Waals surface area contributed by atoms with E-state index in [9.17, 15) is 17.6 Å².